The van der Waals surface area contributed by atoms with E-state index in [-0.39, 0.29) is 17.1 Å². The summed E-state index contributed by atoms with van der Waals surface area (Å²) in [5.74, 6) is -2.24. The zero-order valence-corrected chi connectivity index (χ0v) is 15.5. The molecule has 0 bridgehead atoms. The van der Waals surface area contributed by atoms with Crippen molar-refractivity contribution in [2.75, 3.05) is 17.1 Å². The number of hydrogen-bond acceptors (Lipinski definition) is 6. The topological polar surface area (TPSA) is 75.3 Å². The summed E-state index contributed by atoms with van der Waals surface area (Å²) in [5, 5.41) is 2.25. The summed E-state index contributed by atoms with van der Waals surface area (Å²) in [7, 11) is 1.56. The highest BCUT2D eigenvalue weighted by molar-refractivity contribution is 8.00. The number of hydroxylamine groups is 1. The molecule has 0 aliphatic heterocycles. The molecule has 3 N–H and O–H groups in total. The maximum Gasteiger partial charge on any atom is 0.257 e. The second kappa shape index (κ2) is 9.16. The van der Waals surface area contributed by atoms with Crippen LogP contribution in [0.4, 0.5) is 20.2 Å². The minimum Gasteiger partial charge on any atom is -0.389 e. The number of anilines is 2. The molecule has 0 aliphatic rings. The van der Waals surface area contributed by atoms with Gasteiger partial charge in [-0.05, 0) is 42.3 Å². The molecule has 28 heavy (non-hydrogen) atoms. The highest BCUT2D eigenvalue weighted by atomic mass is 32.2. The molecule has 0 spiro atoms. The third-order valence-electron chi connectivity index (χ3n) is 3.56. The normalized spacial score (nSPS) is 10.4. The van der Waals surface area contributed by atoms with Gasteiger partial charge in [-0.15, -0.1) is 0 Å². The molecule has 1 amide bonds. The minimum atomic E-state index is -0.903. The van der Waals surface area contributed by atoms with Crippen molar-refractivity contribution < 1.29 is 18.4 Å². The second-order valence-corrected chi connectivity index (χ2v) is 6.33. The first-order valence-corrected chi connectivity index (χ1v) is 8.97. The molecule has 0 atom stereocenters. The molecule has 0 saturated heterocycles. The van der Waals surface area contributed by atoms with Crippen LogP contribution in [0, 0.1) is 11.6 Å². The van der Waals surface area contributed by atoms with Crippen LogP contribution in [0.2, 0.25) is 0 Å². The number of nitrogens with zero attached hydrogens (tertiary/aromatic N) is 1. The number of carbonyl (C=O) groups excluding carboxylic acids is 1. The van der Waals surface area contributed by atoms with E-state index in [0.29, 0.717) is 0 Å². The first kappa shape index (κ1) is 19.6. The first-order valence-electron chi connectivity index (χ1n) is 8.15. The predicted octanol–water partition coefficient (Wildman–Crippen LogP) is 4.24. The smallest absolute Gasteiger partial charge is 0.257 e. The SMILES string of the molecule is CNOc1ccc(C(=O)Nc2c(F)ccc(NSc3ccccc3)c2F)cn1. The number of carbonyl (C=O) groups is 1. The standard InChI is InChI=1S/C19H16F2N4O2S/c1-22-27-16-10-7-12(11-23-16)19(26)24-18-14(20)8-9-15(17(18)21)25-28-13-5-3-2-4-6-13/h2-11,22,25H,1H3,(H,24,26). The third-order valence-corrected chi connectivity index (χ3v) is 4.39. The quantitative estimate of drug-likeness (QED) is 0.405. The Labute approximate surface area is 164 Å². The number of amides is 1. The number of pyridine rings is 1. The molecule has 3 aromatic rings. The van der Waals surface area contributed by atoms with Crippen molar-refractivity contribution in [3.63, 3.8) is 0 Å². The minimum absolute atomic E-state index is 0.0430. The fourth-order valence-electron chi connectivity index (χ4n) is 2.21. The number of benzene rings is 2. The molecule has 6 nitrogen and oxygen atoms in total. The molecular formula is C19H16F2N4O2S. The average molecular weight is 402 g/mol. The zero-order chi connectivity index (χ0) is 19.9. The van der Waals surface area contributed by atoms with Crippen molar-refractivity contribution in [1.29, 1.82) is 0 Å². The van der Waals surface area contributed by atoms with Crippen LogP contribution in [0.1, 0.15) is 10.4 Å². The van der Waals surface area contributed by atoms with Crippen LogP contribution < -0.4 is 20.4 Å². The van der Waals surface area contributed by atoms with Crippen molar-refractivity contribution in [1.82, 2.24) is 10.5 Å². The highest BCUT2D eigenvalue weighted by Gasteiger charge is 2.17. The number of halogens is 2. The number of aromatic nitrogens is 1. The molecule has 0 aliphatic carbocycles. The van der Waals surface area contributed by atoms with Gasteiger partial charge in [0.25, 0.3) is 5.91 Å². The summed E-state index contributed by atoms with van der Waals surface area (Å²) < 4.78 is 31.6. The van der Waals surface area contributed by atoms with E-state index in [1.165, 1.54) is 36.3 Å². The van der Waals surface area contributed by atoms with Gasteiger partial charge in [0.05, 0.1) is 11.3 Å². The van der Waals surface area contributed by atoms with E-state index >= 15 is 0 Å². The fourth-order valence-corrected chi connectivity index (χ4v) is 2.89. The lowest BCUT2D eigenvalue weighted by atomic mass is 10.2. The summed E-state index contributed by atoms with van der Waals surface area (Å²) in [4.78, 5) is 22.0. The average Bonchev–Trinajstić information content (AvgIpc) is 2.72. The van der Waals surface area contributed by atoms with Crippen LogP contribution in [-0.4, -0.2) is 17.9 Å². The monoisotopic (exact) mass is 402 g/mol. The molecule has 1 aromatic heterocycles. The molecule has 0 fully saturated rings. The summed E-state index contributed by atoms with van der Waals surface area (Å²) >= 11 is 1.17. The van der Waals surface area contributed by atoms with Crippen LogP contribution in [0.25, 0.3) is 0 Å². The van der Waals surface area contributed by atoms with Crippen molar-refractivity contribution in [3.8, 4) is 5.88 Å². The van der Waals surface area contributed by atoms with E-state index < -0.39 is 23.2 Å². The lowest BCUT2D eigenvalue weighted by Crippen LogP contribution is -2.16. The first-order chi connectivity index (χ1) is 13.6. The van der Waals surface area contributed by atoms with Crippen LogP contribution in [0.15, 0.2) is 65.7 Å². The van der Waals surface area contributed by atoms with Crippen molar-refractivity contribution in [3.05, 3.63) is 78.0 Å². The van der Waals surface area contributed by atoms with Gasteiger partial charge in [0.15, 0.2) is 5.82 Å². The number of nitrogens with one attached hydrogen (secondary N) is 3. The highest BCUT2D eigenvalue weighted by Crippen LogP contribution is 2.29. The summed E-state index contributed by atoms with van der Waals surface area (Å²) in [5.41, 5.74) is 2.07. The Morgan fingerprint density at radius 1 is 1.07 bits per heavy atom. The van der Waals surface area contributed by atoms with Crippen molar-refractivity contribution in [2.45, 2.75) is 4.90 Å². The lowest BCUT2D eigenvalue weighted by molar-refractivity contribution is 0.102. The van der Waals surface area contributed by atoms with E-state index in [1.54, 1.807) is 7.05 Å². The predicted molar refractivity (Wildman–Crippen MR) is 104 cm³/mol. The van der Waals surface area contributed by atoms with Crippen LogP contribution in [0.5, 0.6) is 5.88 Å². The summed E-state index contributed by atoms with van der Waals surface area (Å²) in [6, 6.07) is 14.5. The molecule has 3 rings (SSSR count). The van der Waals surface area contributed by atoms with Gasteiger partial charge in [0.2, 0.25) is 5.88 Å². The van der Waals surface area contributed by atoms with Gasteiger partial charge < -0.3 is 14.9 Å². The van der Waals surface area contributed by atoms with Gasteiger partial charge in [-0.1, -0.05) is 18.2 Å². The van der Waals surface area contributed by atoms with E-state index in [0.717, 1.165) is 11.0 Å². The third kappa shape index (κ3) is 4.76. The molecule has 0 unspecified atom stereocenters. The Morgan fingerprint density at radius 2 is 1.86 bits per heavy atom. The van der Waals surface area contributed by atoms with E-state index in [2.05, 4.69) is 20.5 Å². The van der Waals surface area contributed by atoms with Crippen molar-refractivity contribution >= 4 is 29.2 Å². The molecule has 9 heteroatoms. The van der Waals surface area contributed by atoms with Gasteiger partial charge in [-0.25, -0.2) is 13.8 Å². The lowest BCUT2D eigenvalue weighted by Gasteiger charge is -2.12. The Bertz CT molecular complexity index is 956. The number of rotatable bonds is 7. The Kier molecular flexibility index (Phi) is 6.41. The molecule has 0 radical (unpaired) electrons. The van der Waals surface area contributed by atoms with E-state index in [9.17, 15) is 13.6 Å². The largest absolute Gasteiger partial charge is 0.389 e. The fraction of sp³-hybridized carbons (Fsp3) is 0.0526. The Balaban J connectivity index is 1.74. The molecule has 1 heterocycles. The van der Waals surface area contributed by atoms with Gasteiger partial charge >= 0.3 is 0 Å². The summed E-state index contributed by atoms with van der Waals surface area (Å²) in [6.07, 6.45) is 1.24. The molecule has 0 saturated carbocycles. The van der Waals surface area contributed by atoms with Gasteiger partial charge in [0.1, 0.15) is 11.5 Å². The maximum atomic E-state index is 14.7. The van der Waals surface area contributed by atoms with Crippen molar-refractivity contribution in [2.24, 2.45) is 0 Å². The van der Waals surface area contributed by atoms with Crippen LogP contribution in [-0.2, 0) is 0 Å². The molecule has 144 valence electrons. The van der Waals surface area contributed by atoms with Gasteiger partial charge in [-0.3, -0.25) is 4.79 Å². The van der Waals surface area contributed by atoms with Crippen LogP contribution >= 0.6 is 11.9 Å². The van der Waals surface area contributed by atoms with Gasteiger partial charge in [-0.2, -0.15) is 5.48 Å². The van der Waals surface area contributed by atoms with E-state index in [1.807, 2.05) is 30.3 Å². The maximum absolute atomic E-state index is 14.7. The second-order valence-electron chi connectivity index (χ2n) is 5.45. The van der Waals surface area contributed by atoms with E-state index in [4.69, 9.17) is 4.84 Å². The Morgan fingerprint density at radius 3 is 2.54 bits per heavy atom. The van der Waals surface area contributed by atoms with Gasteiger partial charge in [0, 0.05) is 24.2 Å². The zero-order valence-electron chi connectivity index (χ0n) is 14.7. The number of hydrogen-bond donors (Lipinski definition) is 3. The molecular weight excluding hydrogens is 386 g/mol. The summed E-state index contributed by atoms with van der Waals surface area (Å²) in [6.45, 7) is 0. The molecule has 2 aromatic carbocycles. The van der Waals surface area contributed by atoms with Crippen LogP contribution in [0.3, 0.4) is 0 Å². The Hall–Kier alpha value is -3.17.